The summed E-state index contributed by atoms with van der Waals surface area (Å²) in [7, 11) is 0. The molecular formula is C17H29N3. The summed E-state index contributed by atoms with van der Waals surface area (Å²) in [6.45, 7) is 10.7. The summed E-state index contributed by atoms with van der Waals surface area (Å²) in [5.74, 6) is 3.02. The van der Waals surface area contributed by atoms with Crippen molar-refractivity contribution in [2.45, 2.75) is 65.5 Å². The number of aryl methyl sites for hydroxylation is 1. The Bertz CT molecular complexity index is 441. The van der Waals surface area contributed by atoms with Crippen LogP contribution in [0, 0.1) is 11.8 Å². The van der Waals surface area contributed by atoms with Crippen molar-refractivity contribution in [1.29, 1.82) is 0 Å². The molecule has 0 aliphatic carbocycles. The van der Waals surface area contributed by atoms with Crippen LogP contribution in [-0.4, -0.2) is 33.6 Å². The van der Waals surface area contributed by atoms with Gasteiger partial charge in [0.2, 0.25) is 0 Å². The number of imidazole rings is 1. The molecule has 1 aromatic rings. The smallest absolute Gasteiger partial charge is 0.109 e. The van der Waals surface area contributed by atoms with E-state index in [0.717, 1.165) is 11.8 Å². The Morgan fingerprint density at radius 2 is 2.00 bits per heavy atom. The van der Waals surface area contributed by atoms with Crippen molar-refractivity contribution in [2.24, 2.45) is 11.8 Å². The lowest BCUT2D eigenvalue weighted by molar-refractivity contribution is 0.148. The van der Waals surface area contributed by atoms with Gasteiger partial charge in [0.15, 0.2) is 0 Å². The molecule has 0 bridgehead atoms. The number of nitrogens with zero attached hydrogens (tertiary/aromatic N) is 3. The minimum absolute atomic E-state index is 0.705. The zero-order valence-corrected chi connectivity index (χ0v) is 13.3. The molecule has 3 heterocycles. The summed E-state index contributed by atoms with van der Waals surface area (Å²) in [5.41, 5.74) is 1.47. The standard InChI is InChI=1S/C17H29N3/c1-13(2)19-8-6-15(7-9-19)10-17-18-11-16-5-4-14(3)12-20(16)17/h11,13-15H,4-10,12H2,1-3H3. The second-order valence-electron chi connectivity index (χ2n) is 7.20. The van der Waals surface area contributed by atoms with Gasteiger partial charge in [-0.3, -0.25) is 0 Å². The van der Waals surface area contributed by atoms with E-state index in [0.29, 0.717) is 6.04 Å². The Labute approximate surface area is 123 Å². The predicted octanol–water partition coefficient (Wildman–Crippen LogP) is 3.13. The molecule has 1 atom stereocenters. The number of aromatic nitrogens is 2. The number of rotatable bonds is 3. The lowest BCUT2D eigenvalue weighted by Crippen LogP contribution is -2.39. The molecule has 1 fully saturated rings. The molecule has 2 aliphatic heterocycles. The van der Waals surface area contributed by atoms with Gasteiger partial charge < -0.3 is 9.47 Å². The second-order valence-corrected chi connectivity index (χ2v) is 7.20. The zero-order valence-electron chi connectivity index (χ0n) is 13.3. The van der Waals surface area contributed by atoms with Crippen LogP contribution in [-0.2, 0) is 19.4 Å². The SMILES string of the molecule is CC1CCc2cnc(CC3CCN(C(C)C)CC3)n2C1. The summed E-state index contributed by atoms with van der Waals surface area (Å²) in [5, 5.41) is 0. The summed E-state index contributed by atoms with van der Waals surface area (Å²) in [4.78, 5) is 7.34. The van der Waals surface area contributed by atoms with Crippen molar-refractivity contribution in [3.8, 4) is 0 Å². The first-order valence-electron chi connectivity index (χ1n) is 8.40. The Hall–Kier alpha value is -0.830. The van der Waals surface area contributed by atoms with Crippen molar-refractivity contribution in [3.63, 3.8) is 0 Å². The molecule has 3 heteroatoms. The fourth-order valence-electron chi connectivity index (χ4n) is 3.77. The zero-order chi connectivity index (χ0) is 14.1. The van der Waals surface area contributed by atoms with E-state index in [1.807, 2.05) is 0 Å². The first kappa shape index (κ1) is 14.1. The van der Waals surface area contributed by atoms with Crippen molar-refractivity contribution in [1.82, 2.24) is 14.5 Å². The molecule has 0 radical (unpaired) electrons. The normalized spacial score (nSPS) is 25.1. The molecule has 3 nitrogen and oxygen atoms in total. The van der Waals surface area contributed by atoms with Crippen LogP contribution in [0.2, 0.25) is 0 Å². The van der Waals surface area contributed by atoms with Crippen LogP contribution in [0.25, 0.3) is 0 Å². The van der Waals surface area contributed by atoms with E-state index in [2.05, 4.69) is 36.4 Å². The molecule has 0 saturated carbocycles. The fraction of sp³-hybridized carbons (Fsp3) is 0.824. The van der Waals surface area contributed by atoms with Gasteiger partial charge in [0.25, 0.3) is 0 Å². The minimum Gasteiger partial charge on any atom is -0.332 e. The Balaban J connectivity index is 1.61. The third-order valence-corrected chi connectivity index (χ3v) is 5.26. The molecule has 0 aromatic carbocycles. The van der Waals surface area contributed by atoms with Gasteiger partial charge in [-0.25, -0.2) is 4.98 Å². The quantitative estimate of drug-likeness (QED) is 0.845. The van der Waals surface area contributed by atoms with Gasteiger partial charge in [-0.05, 0) is 64.5 Å². The van der Waals surface area contributed by atoms with Gasteiger partial charge in [-0.15, -0.1) is 0 Å². The molecule has 0 N–H and O–H groups in total. The average Bonchev–Trinajstić information content (AvgIpc) is 2.82. The molecular weight excluding hydrogens is 246 g/mol. The van der Waals surface area contributed by atoms with Crippen LogP contribution in [0.3, 0.4) is 0 Å². The van der Waals surface area contributed by atoms with Crippen LogP contribution < -0.4 is 0 Å². The van der Waals surface area contributed by atoms with E-state index < -0.39 is 0 Å². The molecule has 0 amide bonds. The summed E-state index contributed by atoms with van der Waals surface area (Å²) in [6.07, 6.45) is 8.56. The van der Waals surface area contributed by atoms with Crippen molar-refractivity contribution >= 4 is 0 Å². The molecule has 2 aliphatic rings. The van der Waals surface area contributed by atoms with E-state index in [4.69, 9.17) is 4.98 Å². The number of hydrogen-bond acceptors (Lipinski definition) is 2. The number of likely N-dealkylation sites (tertiary alicyclic amines) is 1. The van der Waals surface area contributed by atoms with Crippen molar-refractivity contribution in [3.05, 3.63) is 17.7 Å². The summed E-state index contributed by atoms with van der Waals surface area (Å²) < 4.78 is 2.52. The van der Waals surface area contributed by atoms with Crippen molar-refractivity contribution < 1.29 is 0 Å². The monoisotopic (exact) mass is 275 g/mol. The maximum Gasteiger partial charge on any atom is 0.109 e. The molecule has 3 rings (SSSR count). The molecule has 1 aromatic heterocycles. The number of hydrogen-bond donors (Lipinski definition) is 0. The second kappa shape index (κ2) is 5.88. The predicted molar refractivity (Wildman–Crippen MR) is 82.8 cm³/mol. The van der Waals surface area contributed by atoms with Gasteiger partial charge in [0, 0.05) is 30.9 Å². The lowest BCUT2D eigenvalue weighted by atomic mass is 9.92. The summed E-state index contributed by atoms with van der Waals surface area (Å²) >= 11 is 0. The topological polar surface area (TPSA) is 21.1 Å². The molecule has 1 unspecified atom stereocenters. The Kier molecular flexibility index (Phi) is 4.16. The van der Waals surface area contributed by atoms with Crippen molar-refractivity contribution in [2.75, 3.05) is 13.1 Å². The van der Waals surface area contributed by atoms with Gasteiger partial charge in [-0.2, -0.15) is 0 Å². The Morgan fingerprint density at radius 1 is 1.25 bits per heavy atom. The lowest BCUT2D eigenvalue weighted by Gasteiger charge is -2.34. The third kappa shape index (κ3) is 2.93. The molecule has 0 spiro atoms. The van der Waals surface area contributed by atoms with E-state index in [1.54, 1.807) is 0 Å². The minimum atomic E-state index is 0.705. The Morgan fingerprint density at radius 3 is 2.70 bits per heavy atom. The maximum atomic E-state index is 4.73. The largest absolute Gasteiger partial charge is 0.332 e. The number of piperidine rings is 1. The molecule has 112 valence electrons. The third-order valence-electron chi connectivity index (χ3n) is 5.26. The van der Waals surface area contributed by atoms with Crippen LogP contribution in [0.15, 0.2) is 6.20 Å². The first-order chi connectivity index (χ1) is 9.63. The highest BCUT2D eigenvalue weighted by molar-refractivity contribution is 5.09. The van der Waals surface area contributed by atoms with Gasteiger partial charge in [0.1, 0.15) is 5.82 Å². The fourth-order valence-corrected chi connectivity index (χ4v) is 3.77. The van der Waals surface area contributed by atoms with Gasteiger partial charge >= 0.3 is 0 Å². The summed E-state index contributed by atoms with van der Waals surface area (Å²) in [6, 6.07) is 0.705. The molecule has 1 saturated heterocycles. The van der Waals surface area contributed by atoms with E-state index >= 15 is 0 Å². The van der Waals surface area contributed by atoms with E-state index in [9.17, 15) is 0 Å². The van der Waals surface area contributed by atoms with Crippen LogP contribution in [0.4, 0.5) is 0 Å². The van der Waals surface area contributed by atoms with Crippen LogP contribution >= 0.6 is 0 Å². The highest BCUT2D eigenvalue weighted by Crippen LogP contribution is 2.26. The van der Waals surface area contributed by atoms with Gasteiger partial charge in [-0.1, -0.05) is 6.92 Å². The number of fused-ring (bicyclic) bond motifs is 1. The van der Waals surface area contributed by atoms with Crippen LogP contribution in [0.5, 0.6) is 0 Å². The van der Waals surface area contributed by atoms with Crippen LogP contribution in [0.1, 0.15) is 51.6 Å². The highest BCUT2D eigenvalue weighted by Gasteiger charge is 2.24. The average molecular weight is 275 g/mol. The molecule has 20 heavy (non-hydrogen) atoms. The van der Waals surface area contributed by atoms with E-state index in [-0.39, 0.29) is 0 Å². The van der Waals surface area contributed by atoms with E-state index in [1.165, 1.54) is 63.3 Å². The maximum absolute atomic E-state index is 4.73. The first-order valence-corrected chi connectivity index (χ1v) is 8.40. The van der Waals surface area contributed by atoms with Gasteiger partial charge in [0.05, 0.1) is 0 Å². The highest BCUT2D eigenvalue weighted by atomic mass is 15.2.